The molecule has 2 aromatic carbocycles. The lowest BCUT2D eigenvalue weighted by atomic mass is 10.0. The molecule has 124 valence electrons. The standard InChI is InChI=1S/C20H23N3O/c1-13(2)16-5-7-17(8-6-16)22-20(24)11-23-12-21-18-9-14(3)15(4)10-19(18)23/h5-10,12-13H,11H2,1-4H3,(H,22,24). The largest absolute Gasteiger partial charge is 0.325 e. The summed E-state index contributed by atoms with van der Waals surface area (Å²) in [6.45, 7) is 8.71. The van der Waals surface area contributed by atoms with Gasteiger partial charge in [0.1, 0.15) is 6.54 Å². The van der Waals surface area contributed by atoms with Crippen LogP contribution in [0.1, 0.15) is 36.5 Å². The normalized spacial score (nSPS) is 11.2. The molecule has 24 heavy (non-hydrogen) atoms. The Balaban J connectivity index is 1.74. The lowest BCUT2D eigenvalue weighted by Gasteiger charge is -2.09. The summed E-state index contributed by atoms with van der Waals surface area (Å²) in [6.07, 6.45) is 1.73. The van der Waals surface area contributed by atoms with Gasteiger partial charge in [0.05, 0.1) is 17.4 Å². The van der Waals surface area contributed by atoms with E-state index in [9.17, 15) is 4.79 Å². The number of hydrogen-bond acceptors (Lipinski definition) is 2. The maximum absolute atomic E-state index is 12.3. The summed E-state index contributed by atoms with van der Waals surface area (Å²) in [5.74, 6) is 0.434. The van der Waals surface area contributed by atoms with Crippen molar-refractivity contribution in [3.8, 4) is 0 Å². The van der Waals surface area contributed by atoms with Gasteiger partial charge in [-0.15, -0.1) is 0 Å². The van der Waals surface area contributed by atoms with Crippen molar-refractivity contribution in [2.45, 2.75) is 40.2 Å². The van der Waals surface area contributed by atoms with E-state index in [-0.39, 0.29) is 12.5 Å². The van der Waals surface area contributed by atoms with Crippen LogP contribution in [-0.2, 0) is 11.3 Å². The summed E-state index contributed by atoms with van der Waals surface area (Å²) in [5.41, 5.74) is 6.41. The quantitative estimate of drug-likeness (QED) is 0.773. The van der Waals surface area contributed by atoms with Crippen molar-refractivity contribution in [1.82, 2.24) is 9.55 Å². The topological polar surface area (TPSA) is 46.9 Å². The molecule has 0 aliphatic heterocycles. The van der Waals surface area contributed by atoms with Crippen molar-refractivity contribution in [2.75, 3.05) is 5.32 Å². The molecule has 0 aliphatic rings. The van der Waals surface area contributed by atoms with Crippen LogP contribution in [0, 0.1) is 13.8 Å². The van der Waals surface area contributed by atoms with Crippen molar-refractivity contribution in [2.24, 2.45) is 0 Å². The summed E-state index contributed by atoms with van der Waals surface area (Å²) in [4.78, 5) is 16.7. The molecule has 0 radical (unpaired) electrons. The van der Waals surface area contributed by atoms with Crippen LogP contribution >= 0.6 is 0 Å². The SMILES string of the molecule is Cc1cc2ncn(CC(=O)Nc3ccc(C(C)C)cc3)c2cc1C. The highest BCUT2D eigenvalue weighted by Crippen LogP contribution is 2.19. The Hall–Kier alpha value is -2.62. The van der Waals surface area contributed by atoms with Gasteiger partial charge >= 0.3 is 0 Å². The van der Waals surface area contributed by atoms with Gasteiger partial charge in [-0.3, -0.25) is 4.79 Å². The van der Waals surface area contributed by atoms with Crippen LogP contribution in [0.4, 0.5) is 5.69 Å². The van der Waals surface area contributed by atoms with E-state index < -0.39 is 0 Å². The first-order valence-corrected chi connectivity index (χ1v) is 8.26. The molecule has 1 amide bonds. The van der Waals surface area contributed by atoms with E-state index >= 15 is 0 Å². The number of rotatable bonds is 4. The molecule has 4 heteroatoms. The minimum Gasteiger partial charge on any atom is -0.325 e. The molecule has 3 aromatic rings. The van der Waals surface area contributed by atoms with E-state index in [0.717, 1.165) is 16.7 Å². The number of imidazole rings is 1. The van der Waals surface area contributed by atoms with Gasteiger partial charge < -0.3 is 9.88 Å². The molecule has 1 aromatic heterocycles. The van der Waals surface area contributed by atoms with E-state index in [1.165, 1.54) is 16.7 Å². The molecule has 0 fully saturated rings. The van der Waals surface area contributed by atoms with Gasteiger partial charge in [0.15, 0.2) is 0 Å². The molecule has 0 saturated carbocycles. The Morgan fingerprint density at radius 1 is 1.12 bits per heavy atom. The minimum atomic E-state index is -0.0511. The van der Waals surface area contributed by atoms with Gasteiger partial charge in [-0.2, -0.15) is 0 Å². The monoisotopic (exact) mass is 321 g/mol. The Kier molecular flexibility index (Phi) is 4.38. The van der Waals surface area contributed by atoms with Crippen LogP contribution in [0.5, 0.6) is 0 Å². The number of hydrogen-bond donors (Lipinski definition) is 1. The third-order valence-corrected chi connectivity index (χ3v) is 4.41. The zero-order chi connectivity index (χ0) is 17.3. The van der Waals surface area contributed by atoms with Gasteiger partial charge in [0.25, 0.3) is 0 Å². The predicted octanol–water partition coefficient (Wildman–Crippen LogP) is 4.42. The van der Waals surface area contributed by atoms with E-state index in [0.29, 0.717) is 5.92 Å². The molecular weight excluding hydrogens is 298 g/mol. The van der Waals surface area contributed by atoms with Gasteiger partial charge in [0.2, 0.25) is 5.91 Å². The summed E-state index contributed by atoms with van der Waals surface area (Å²) in [7, 11) is 0. The summed E-state index contributed by atoms with van der Waals surface area (Å²) >= 11 is 0. The summed E-state index contributed by atoms with van der Waals surface area (Å²) < 4.78 is 1.89. The number of aromatic nitrogens is 2. The third kappa shape index (κ3) is 3.32. The first-order valence-electron chi connectivity index (χ1n) is 8.26. The number of carbonyl (C=O) groups excluding carboxylic acids is 1. The molecule has 0 saturated heterocycles. The molecule has 0 spiro atoms. The molecule has 0 unspecified atom stereocenters. The molecule has 1 N–H and O–H groups in total. The van der Waals surface area contributed by atoms with Crippen LogP contribution < -0.4 is 5.32 Å². The number of nitrogens with zero attached hydrogens (tertiary/aromatic N) is 2. The average molecular weight is 321 g/mol. The zero-order valence-corrected chi connectivity index (χ0v) is 14.6. The number of nitrogens with one attached hydrogen (secondary N) is 1. The minimum absolute atomic E-state index is 0.0511. The second kappa shape index (κ2) is 6.48. The highest BCUT2D eigenvalue weighted by Gasteiger charge is 2.09. The van der Waals surface area contributed by atoms with Crippen molar-refractivity contribution < 1.29 is 4.79 Å². The molecule has 3 rings (SSSR count). The lowest BCUT2D eigenvalue weighted by molar-refractivity contribution is -0.116. The fraction of sp³-hybridized carbons (Fsp3) is 0.300. The first kappa shape index (κ1) is 16.2. The van der Waals surface area contributed by atoms with Gasteiger partial charge in [0, 0.05) is 5.69 Å². The maximum Gasteiger partial charge on any atom is 0.244 e. The Morgan fingerprint density at radius 3 is 2.46 bits per heavy atom. The highest BCUT2D eigenvalue weighted by atomic mass is 16.1. The molecule has 0 atom stereocenters. The number of benzene rings is 2. The Morgan fingerprint density at radius 2 is 1.79 bits per heavy atom. The van der Waals surface area contributed by atoms with Crippen molar-refractivity contribution >= 4 is 22.6 Å². The third-order valence-electron chi connectivity index (χ3n) is 4.41. The Labute approximate surface area is 142 Å². The van der Waals surface area contributed by atoms with Crippen LogP contribution in [0.3, 0.4) is 0 Å². The van der Waals surface area contributed by atoms with Gasteiger partial charge in [-0.25, -0.2) is 4.98 Å². The van der Waals surface area contributed by atoms with E-state index in [1.54, 1.807) is 6.33 Å². The number of anilines is 1. The first-order chi connectivity index (χ1) is 11.4. The summed E-state index contributed by atoms with van der Waals surface area (Å²) in [5, 5.41) is 2.95. The molecule has 4 nitrogen and oxygen atoms in total. The van der Waals surface area contributed by atoms with Crippen molar-refractivity contribution in [3.05, 3.63) is 59.4 Å². The van der Waals surface area contributed by atoms with Crippen LogP contribution in [0.15, 0.2) is 42.7 Å². The number of fused-ring (bicyclic) bond motifs is 1. The number of aryl methyl sites for hydroxylation is 2. The maximum atomic E-state index is 12.3. The van der Waals surface area contributed by atoms with Crippen LogP contribution in [-0.4, -0.2) is 15.5 Å². The van der Waals surface area contributed by atoms with Crippen molar-refractivity contribution in [1.29, 1.82) is 0 Å². The second-order valence-electron chi connectivity index (χ2n) is 6.62. The second-order valence-corrected chi connectivity index (χ2v) is 6.62. The fourth-order valence-electron chi connectivity index (χ4n) is 2.75. The van der Waals surface area contributed by atoms with Gasteiger partial charge in [-0.05, 0) is 60.7 Å². The predicted molar refractivity (Wildman–Crippen MR) is 98.4 cm³/mol. The van der Waals surface area contributed by atoms with Crippen LogP contribution in [0.2, 0.25) is 0 Å². The van der Waals surface area contributed by atoms with E-state index in [1.807, 2.05) is 16.7 Å². The zero-order valence-electron chi connectivity index (χ0n) is 14.6. The molecular formula is C20H23N3O. The fourth-order valence-corrected chi connectivity index (χ4v) is 2.75. The highest BCUT2D eigenvalue weighted by molar-refractivity contribution is 5.91. The van der Waals surface area contributed by atoms with E-state index in [2.05, 4.69) is 62.3 Å². The Bertz CT molecular complexity index is 876. The smallest absolute Gasteiger partial charge is 0.244 e. The van der Waals surface area contributed by atoms with Crippen molar-refractivity contribution in [3.63, 3.8) is 0 Å². The summed E-state index contributed by atoms with van der Waals surface area (Å²) in [6, 6.07) is 12.2. The van der Waals surface area contributed by atoms with Gasteiger partial charge in [-0.1, -0.05) is 26.0 Å². The molecule has 1 heterocycles. The van der Waals surface area contributed by atoms with E-state index in [4.69, 9.17) is 0 Å². The number of amides is 1. The lowest BCUT2D eigenvalue weighted by Crippen LogP contribution is -2.18. The molecule has 0 bridgehead atoms. The molecule has 0 aliphatic carbocycles. The van der Waals surface area contributed by atoms with Crippen LogP contribution in [0.25, 0.3) is 11.0 Å². The number of carbonyl (C=O) groups is 1. The average Bonchev–Trinajstić information content (AvgIpc) is 2.90.